The van der Waals surface area contributed by atoms with Gasteiger partial charge < -0.3 is 5.11 Å². The molecule has 3 aromatic rings. The standard InChI is InChI=1S/C16H11FN2O4S/c17-9-4-5-12-11(8-9)19-14-10(2-1-3-13(14)24(12)23)15(21)18(6-7-20)16(19)22/h1-5,8,20H,6-7H2. The molecule has 0 fully saturated rings. The fourth-order valence-corrected chi connectivity index (χ4v) is 4.33. The van der Waals surface area contributed by atoms with Crippen LogP contribution in [0.4, 0.5) is 4.39 Å². The van der Waals surface area contributed by atoms with Gasteiger partial charge in [-0.15, -0.1) is 0 Å². The van der Waals surface area contributed by atoms with E-state index in [9.17, 15) is 18.2 Å². The van der Waals surface area contributed by atoms with Crippen molar-refractivity contribution in [2.45, 2.75) is 16.3 Å². The van der Waals surface area contributed by atoms with Gasteiger partial charge in [-0.1, -0.05) is 6.07 Å². The van der Waals surface area contributed by atoms with Gasteiger partial charge >= 0.3 is 5.69 Å². The molecule has 122 valence electrons. The number of para-hydroxylation sites is 1. The highest BCUT2D eigenvalue weighted by molar-refractivity contribution is 7.85. The minimum atomic E-state index is -1.62. The Morgan fingerprint density at radius 2 is 1.92 bits per heavy atom. The van der Waals surface area contributed by atoms with Gasteiger partial charge in [0.25, 0.3) is 5.56 Å². The number of aliphatic hydroxyl groups excluding tert-OH is 1. The SMILES string of the molecule is O=c1c2cccc3c2n(c(=O)n1CCO)-c1cc(F)ccc1S3=O. The molecule has 8 heteroatoms. The van der Waals surface area contributed by atoms with E-state index >= 15 is 0 Å². The highest BCUT2D eigenvalue weighted by atomic mass is 32.2. The zero-order chi connectivity index (χ0) is 17.0. The zero-order valence-electron chi connectivity index (χ0n) is 12.2. The monoisotopic (exact) mass is 346 g/mol. The van der Waals surface area contributed by atoms with E-state index < -0.39 is 27.9 Å². The Hall–Kier alpha value is -2.58. The molecular weight excluding hydrogens is 335 g/mol. The molecular formula is C16H11FN2O4S. The van der Waals surface area contributed by atoms with Crippen LogP contribution in [0.2, 0.25) is 0 Å². The van der Waals surface area contributed by atoms with Gasteiger partial charge in [0.15, 0.2) is 0 Å². The molecule has 2 heterocycles. The van der Waals surface area contributed by atoms with Crippen molar-refractivity contribution >= 4 is 21.7 Å². The van der Waals surface area contributed by atoms with Crippen LogP contribution >= 0.6 is 0 Å². The van der Waals surface area contributed by atoms with Crippen molar-refractivity contribution in [3.8, 4) is 5.69 Å². The number of benzene rings is 2. The van der Waals surface area contributed by atoms with Crippen molar-refractivity contribution in [3.05, 3.63) is 63.1 Å². The summed E-state index contributed by atoms with van der Waals surface area (Å²) >= 11 is 0. The van der Waals surface area contributed by atoms with E-state index in [0.29, 0.717) is 9.79 Å². The van der Waals surface area contributed by atoms with Crippen LogP contribution in [0.15, 0.2) is 55.8 Å². The molecule has 0 saturated heterocycles. The van der Waals surface area contributed by atoms with Gasteiger partial charge in [-0.05, 0) is 30.3 Å². The summed E-state index contributed by atoms with van der Waals surface area (Å²) in [5, 5.41) is 9.34. The molecule has 24 heavy (non-hydrogen) atoms. The molecule has 1 aromatic heterocycles. The van der Waals surface area contributed by atoms with Crippen LogP contribution < -0.4 is 11.2 Å². The van der Waals surface area contributed by atoms with Crippen LogP contribution in [0.1, 0.15) is 0 Å². The van der Waals surface area contributed by atoms with E-state index in [4.69, 9.17) is 5.11 Å². The fourth-order valence-electron chi connectivity index (χ4n) is 2.98. The van der Waals surface area contributed by atoms with Gasteiger partial charge in [0.05, 0.1) is 50.3 Å². The Morgan fingerprint density at radius 1 is 1.12 bits per heavy atom. The normalized spacial score (nSPS) is 15.5. The van der Waals surface area contributed by atoms with Gasteiger partial charge in [-0.2, -0.15) is 0 Å². The lowest BCUT2D eigenvalue weighted by molar-refractivity contribution is 0.271. The summed E-state index contributed by atoms with van der Waals surface area (Å²) in [6.07, 6.45) is 0. The number of aliphatic hydroxyl groups is 1. The minimum Gasteiger partial charge on any atom is -0.395 e. The van der Waals surface area contributed by atoms with E-state index in [0.717, 1.165) is 10.6 Å². The number of aromatic nitrogens is 2. The average molecular weight is 346 g/mol. The maximum absolute atomic E-state index is 13.7. The molecule has 4 rings (SSSR count). The number of hydrogen-bond acceptors (Lipinski definition) is 4. The van der Waals surface area contributed by atoms with E-state index in [-0.39, 0.29) is 29.7 Å². The first-order valence-corrected chi connectivity index (χ1v) is 8.30. The Morgan fingerprint density at radius 3 is 2.67 bits per heavy atom. The lowest BCUT2D eigenvalue weighted by atomic mass is 10.2. The molecule has 0 saturated carbocycles. The van der Waals surface area contributed by atoms with E-state index in [1.807, 2.05) is 0 Å². The maximum atomic E-state index is 13.7. The molecule has 0 aliphatic carbocycles. The Balaban J connectivity index is 2.30. The molecule has 1 N–H and O–H groups in total. The summed E-state index contributed by atoms with van der Waals surface area (Å²) in [4.78, 5) is 25.9. The average Bonchev–Trinajstić information content (AvgIpc) is 2.57. The molecule has 0 radical (unpaired) electrons. The second kappa shape index (κ2) is 5.22. The first-order valence-electron chi connectivity index (χ1n) is 7.15. The van der Waals surface area contributed by atoms with Crippen LogP contribution in [-0.2, 0) is 17.3 Å². The third-order valence-electron chi connectivity index (χ3n) is 4.01. The van der Waals surface area contributed by atoms with Crippen molar-refractivity contribution in [2.24, 2.45) is 0 Å². The second-order valence-corrected chi connectivity index (χ2v) is 6.75. The first-order chi connectivity index (χ1) is 11.5. The van der Waals surface area contributed by atoms with Crippen molar-refractivity contribution in [3.63, 3.8) is 0 Å². The molecule has 6 nitrogen and oxygen atoms in total. The van der Waals surface area contributed by atoms with Crippen molar-refractivity contribution in [2.75, 3.05) is 6.61 Å². The lowest BCUT2D eigenvalue weighted by Gasteiger charge is -2.22. The van der Waals surface area contributed by atoms with Crippen LogP contribution in [0.5, 0.6) is 0 Å². The molecule has 1 atom stereocenters. The fraction of sp³-hybridized carbons (Fsp3) is 0.125. The van der Waals surface area contributed by atoms with Gasteiger partial charge in [0.2, 0.25) is 0 Å². The van der Waals surface area contributed by atoms with Crippen LogP contribution in [-0.4, -0.2) is 25.1 Å². The molecule has 1 aliphatic rings. The molecule has 0 spiro atoms. The molecule has 0 bridgehead atoms. The third kappa shape index (κ3) is 1.87. The van der Waals surface area contributed by atoms with E-state index in [1.54, 1.807) is 12.1 Å². The van der Waals surface area contributed by atoms with Crippen LogP contribution in [0.25, 0.3) is 16.6 Å². The molecule has 0 amide bonds. The molecule has 2 aromatic carbocycles. The number of nitrogens with zero attached hydrogens (tertiary/aromatic N) is 2. The lowest BCUT2D eigenvalue weighted by Crippen LogP contribution is -2.41. The zero-order valence-corrected chi connectivity index (χ0v) is 13.0. The Kier molecular flexibility index (Phi) is 3.26. The summed E-state index contributed by atoms with van der Waals surface area (Å²) in [5.41, 5.74) is -0.900. The van der Waals surface area contributed by atoms with Crippen LogP contribution in [0, 0.1) is 5.82 Å². The predicted octanol–water partition coefficient (Wildman–Crippen LogP) is 0.764. The van der Waals surface area contributed by atoms with Crippen molar-refractivity contribution in [1.82, 2.24) is 9.13 Å². The molecule has 1 aliphatic heterocycles. The van der Waals surface area contributed by atoms with E-state index in [2.05, 4.69) is 0 Å². The number of halogens is 1. The van der Waals surface area contributed by atoms with E-state index in [1.165, 1.54) is 22.8 Å². The topological polar surface area (TPSA) is 81.3 Å². The molecule has 1 unspecified atom stereocenters. The summed E-state index contributed by atoms with van der Waals surface area (Å²) in [6, 6.07) is 8.36. The van der Waals surface area contributed by atoms with Gasteiger partial charge in [-0.25, -0.2) is 13.4 Å². The number of rotatable bonds is 2. The largest absolute Gasteiger partial charge is 0.395 e. The summed E-state index contributed by atoms with van der Waals surface area (Å²) in [7, 11) is -1.62. The van der Waals surface area contributed by atoms with Gasteiger partial charge in [0, 0.05) is 0 Å². The minimum absolute atomic E-state index is 0.147. The Bertz CT molecular complexity index is 1150. The third-order valence-corrected chi connectivity index (χ3v) is 5.48. The van der Waals surface area contributed by atoms with Gasteiger partial charge in [0.1, 0.15) is 5.82 Å². The Labute approximate surface area is 136 Å². The highest BCUT2D eigenvalue weighted by Crippen LogP contribution is 2.33. The summed E-state index contributed by atoms with van der Waals surface area (Å²) in [6.45, 7) is -0.562. The smallest absolute Gasteiger partial charge is 0.336 e. The predicted molar refractivity (Wildman–Crippen MR) is 85.5 cm³/mol. The summed E-state index contributed by atoms with van der Waals surface area (Å²) in [5.74, 6) is -0.579. The second-order valence-electron chi connectivity index (χ2n) is 5.33. The summed E-state index contributed by atoms with van der Waals surface area (Å²) < 4.78 is 28.6. The quantitative estimate of drug-likeness (QED) is 0.581. The number of hydrogen-bond donors (Lipinski definition) is 1. The van der Waals surface area contributed by atoms with Gasteiger partial charge in [-0.3, -0.25) is 13.9 Å². The first kappa shape index (κ1) is 15.0. The highest BCUT2D eigenvalue weighted by Gasteiger charge is 2.28. The van der Waals surface area contributed by atoms with Crippen molar-refractivity contribution in [1.29, 1.82) is 0 Å². The maximum Gasteiger partial charge on any atom is 0.336 e. The number of fused-ring (bicyclic) bond motifs is 2. The van der Waals surface area contributed by atoms with Crippen molar-refractivity contribution < 1.29 is 13.7 Å². The van der Waals surface area contributed by atoms with Crippen LogP contribution in [0.3, 0.4) is 0 Å².